The van der Waals surface area contributed by atoms with Crippen LogP contribution in [0.15, 0.2) is 18.2 Å². The van der Waals surface area contributed by atoms with Crippen LogP contribution in [0.25, 0.3) is 0 Å². The third-order valence-corrected chi connectivity index (χ3v) is 3.82. The molecule has 0 bridgehead atoms. The molecule has 0 saturated carbocycles. The summed E-state index contributed by atoms with van der Waals surface area (Å²) in [6.07, 6.45) is -0.225. The molecule has 0 saturated heterocycles. The van der Waals surface area contributed by atoms with Gasteiger partial charge in [-0.3, -0.25) is 19.7 Å². The third kappa shape index (κ3) is 6.24. The van der Waals surface area contributed by atoms with Crippen LogP contribution in [0.4, 0.5) is 5.69 Å². The fraction of sp³-hybridized carbons (Fsp3) is 0.471. The summed E-state index contributed by atoms with van der Waals surface area (Å²) >= 11 is 0. The Bertz CT molecular complexity index is 733. The number of rotatable bonds is 9. The molecule has 0 aliphatic carbocycles. The molecule has 2 atom stereocenters. The van der Waals surface area contributed by atoms with Crippen molar-refractivity contribution in [2.45, 2.75) is 39.3 Å². The van der Waals surface area contributed by atoms with Crippen molar-refractivity contribution < 1.29 is 29.2 Å². The minimum absolute atomic E-state index is 0.223. The molecule has 1 aromatic carbocycles. The molecule has 148 valence electrons. The van der Waals surface area contributed by atoms with Crippen LogP contribution in [0.1, 0.15) is 26.3 Å². The molecule has 2 amide bonds. The van der Waals surface area contributed by atoms with Crippen LogP contribution in [0.5, 0.6) is 5.75 Å². The van der Waals surface area contributed by atoms with Gasteiger partial charge in [-0.2, -0.15) is 0 Å². The number of carbonyl (C=O) groups is 3. The van der Waals surface area contributed by atoms with Crippen LogP contribution in [-0.2, 0) is 20.8 Å². The highest BCUT2D eigenvalue weighted by Crippen LogP contribution is 2.25. The number of non-ortho nitro benzene ring substituents is 1. The Hall–Kier alpha value is -3.17. The Labute approximate surface area is 156 Å². The van der Waals surface area contributed by atoms with Gasteiger partial charge >= 0.3 is 5.97 Å². The first-order chi connectivity index (χ1) is 12.6. The zero-order chi connectivity index (χ0) is 20.7. The molecule has 0 unspecified atom stereocenters. The van der Waals surface area contributed by atoms with Gasteiger partial charge in [-0.15, -0.1) is 0 Å². The summed E-state index contributed by atoms with van der Waals surface area (Å²) in [6.45, 7) is 4.67. The molecule has 27 heavy (non-hydrogen) atoms. The Morgan fingerprint density at radius 2 is 1.89 bits per heavy atom. The molecule has 0 radical (unpaired) electrons. The van der Waals surface area contributed by atoms with E-state index < -0.39 is 34.8 Å². The highest BCUT2D eigenvalue weighted by molar-refractivity contribution is 5.90. The third-order valence-electron chi connectivity index (χ3n) is 3.82. The van der Waals surface area contributed by atoms with Crippen molar-refractivity contribution >= 4 is 23.5 Å². The molecule has 10 nitrogen and oxygen atoms in total. The number of amides is 2. The predicted molar refractivity (Wildman–Crippen MR) is 95.4 cm³/mol. The molecule has 0 aliphatic heterocycles. The minimum Gasteiger partial charge on any atom is -0.496 e. The van der Waals surface area contributed by atoms with Gasteiger partial charge in [0.15, 0.2) is 0 Å². The van der Waals surface area contributed by atoms with Gasteiger partial charge in [-0.05, 0) is 12.0 Å². The van der Waals surface area contributed by atoms with E-state index in [-0.39, 0.29) is 29.3 Å². The molecule has 0 fully saturated rings. The van der Waals surface area contributed by atoms with Gasteiger partial charge in [-0.1, -0.05) is 13.8 Å². The first-order valence-corrected chi connectivity index (χ1v) is 8.18. The molecule has 0 spiro atoms. The molecule has 1 rings (SSSR count). The Morgan fingerprint density at radius 1 is 1.26 bits per heavy atom. The van der Waals surface area contributed by atoms with Crippen LogP contribution in [0.3, 0.4) is 0 Å². The largest absolute Gasteiger partial charge is 0.496 e. The minimum atomic E-state index is -1.36. The summed E-state index contributed by atoms with van der Waals surface area (Å²) in [4.78, 5) is 45.6. The van der Waals surface area contributed by atoms with E-state index in [0.717, 1.165) is 0 Å². The van der Waals surface area contributed by atoms with Crippen LogP contribution in [0.2, 0.25) is 0 Å². The number of benzene rings is 1. The summed E-state index contributed by atoms with van der Waals surface area (Å²) in [5, 5.41) is 25.3. The van der Waals surface area contributed by atoms with Crippen molar-refractivity contribution in [2.24, 2.45) is 5.92 Å². The van der Waals surface area contributed by atoms with Crippen molar-refractivity contribution in [3.63, 3.8) is 0 Å². The highest BCUT2D eigenvalue weighted by atomic mass is 16.6. The molecule has 10 heteroatoms. The number of carboxylic acids is 1. The predicted octanol–water partition coefficient (Wildman–Crippen LogP) is 0.876. The number of hydrogen-bond acceptors (Lipinski definition) is 6. The Balaban J connectivity index is 3.08. The first kappa shape index (κ1) is 21.9. The average molecular weight is 381 g/mol. The lowest BCUT2D eigenvalue weighted by atomic mass is 10.0. The maximum absolute atomic E-state index is 12.4. The normalized spacial score (nSPS) is 12.8. The lowest BCUT2D eigenvalue weighted by Gasteiger charge is -2.23. The van der Waals surface area contributed by atoms with E-state index in [2.05, 4.69) is 10.6 Å². The van der Waals surface area contributed by atoms with E-state index in [1.165, 1.54) is 32.2 Å². The van der Waals surface area contributed by atoms with Crippen LogP contribution in [-0.4, -0.2) is 47.0 Å². The number of carboxylic acid groups (broad SMARTS) is 1. The fourth-order valence-corrected chi connectivity index (χ4v) is 2.47. The zero-order valence-electron chi connectivity index (χ0n) is 15.5. The molecule has 0 heterocycles. The summed E-state index contributed by atoms with van der Waals surface area (Å²) < 4.78 is 5.12. The fourth-order valence-electron chi connectivity index (χ4n) is 2.47. The summed E-state index contributed by atoms with van der Waals surface area (Å²) in [7, 11) is 1.35. The molecular weight excluding hydrogens is 358 g/mol. The van der Waals surface area contributed by atoms with Crippen LogP contribution in [0, 0.1) is 16.0 Å². The summed E-state index contributed by atoms with van der Waals surface area (Å²) in [5.41, 5.74) is 0.0413. The molecule has 1 aromatic rings. The summed E-state index contributed by atoms with van der Waals surface area (Å²) in [5.74, 6) is -2.39. The number of nitrogens with one attached hydrogen (secondary N) is 2. The van der Waals surface area contributed by atoms with Crippen LogP contribution >= 0.6 is 0 Å². The van der Waals surface area contributed by atoms with E-state index in [0.29, 0.717) is 0 Å². The van der Waals surface area contributed by atoms with Gasteiger partial charge in [0.25, 0.3) is 5.69 Å². The highest BCUT2D eigenvalue weighted by Gasteiger charge is 2.29. The van der Waals surface area contributed by atoms with Crippen molar-refractivity contribution in [2.75, 3.05) is 7.11 Å². The second-order valence-electron chi connectivity index (χ2n) is 6.28. The van der Waals surface area contributed by atoms with Gasteiger partial charge in [0.05, 0.1) is 12.0 Å². The van der Waals surface area contributed by atoms with Crippen molar-refractivity contribution in [1.82, 2.24) is 10.6 Å². The Morgan fingerprint density at radius 3 is 2.33 bits per heavy atom. The van der Waals surface area contributed by atoms with E-state index in [1.54, 1.807) is 13.8 Å². The second kappa shape index (κ2) is 9.51. The Kier molecular flexibility index (Phi) is 7.70. The summed E-state index contributed by atoms with van der Waals surface area (Å²) in [6, 6.07) is 1.54. The number of ether oxygens (including phenoxy) is 1. The van der Waals surface area contributed by atoms with Gasteiger partial charge in [0.1, 0.15) is 17.8 Å². The van der Waals surface area contributed by atoms with Crippen LogP contribution < -0.4 is 15.4 Å². The lowest BCUT2D eigenvalue weighted by molar-refractivity contribution is -0.384. The van der Waals surface area contributed by atoms with Gasteiger partial charge in [-0.25, -0.2) is 4.79 Å². The second-order valence-corrected chi connectivity index (χ2v) is 6.28. The quantitative estimate of drug-likeness (QED) is 0.425. The van der Waals surface area contributed by atoms with Gasteiger partial charge in [0.2, 0.25) is 11.8 Å². The number of nitro groups is 1. The average Bonchev–Trinajstić information content (AvgIpc) is 2.58. The van der Waals surface area contributed by atoms with Crippen molar-refractivity contribution in [3.05, 3.63) is 33.9 Å². The van der Waals surface area contributed by atoms with E-state index in [9.17, 15) is 29.6 Å². The van der Waals surface area contributed by atoms with Crippen molar-refractivity contribution in [1.29, 1.82) is 0 Å². The molecule has 3 N–H and O–H groups in total. The van der Waals surface area contributed by atoms with E-state index in [4.69, 9.17) is 4.74 Å². The topological polar surface area (TPSA) is 148 Å². The number of nitrogens with zero attached hydrogens (tertiary/aromatic N) is 1. The standard InChI is InChI=1S/C17H23N3O7/c1-9(2)15(18-10(3)21)16(22)19-13(17(23)24)8-11-7-12(20(25)26)5-6-14(11)27-4/h5-7,9,13,15H,8H2,1-4H3,(H,18,21)(H,19,22)(H,23,24)/t13-,15-/m1/s1. The number of carbonyl (C=O) groups excluding carboxylic acids is 2. The number of aliphatic carboxylic acids is 1. The first-order valence-electron chi connectivity index (χ1n) is 8.18. The molecule has 0 aromatic heterocycles. The zero-order valence-corrected chi connectivity index (χ0v) is 15.5. The van der Waals surface area contributed by atoms with Crippen molar-refractivity contribution in [3.8, 4) is 5.75 Å². The van der Waals surface area contributed by atoms with Gasteiger partial charge < -0.3 is 20.5 Å². The molecule has 0 aliphatic rings. The monoisotopic (exact) mass is 381 g/mol. The van der Waals surface area contributed by atoms with Gasteiger partial charge in [0, 0.05) is 31.0 Å². The van der Waals surface area contributed by atoms with E-state index >= 15 is 0 Å². The number of hydrogen-bond donors (Lipinski definition) is 3. The number of methoxy groups -OCH3 is 1. The maximum Gasteiger partial charge on any atom is 0.326 e. The molecular formula is C17H23N3O7. The van der Waals surface area contributed by atoms with E-state index in [1.807, 2.05) is 0 Å². The maximum atomic E-state index is 12.4. The SMILES string of the molecule is COc1ccc([N+](=O)[O-])cc1C[C@@H](NC(=O)[C@H](NC(C)=O)C(C)C)C(=O)O. The number of nitro benzene ring substituents is 1. The smallest absolute Gasteiger partial charge is 0.326 e. The lowest BCUT2D eigenvalue weighted by Crippen LogP contribution is -2.53.